The summed E-state index contributed by atoms with van der Waals surface area (Å²) >= 11 is 2.88. The van der Waals surface area contributed by atoms with Gasteiger partial charge in [0.05, 0.1) is 0 Å². The van der Waals surface area contributed by atoms with Gasteiger partial charge in [0.1, 0.15) is 0 Å². The van der Waals surface area contributed by atoms with Gasteiger partial charge in [0.15, 0.2) is 0 Å². The van der Waals surface area contributed by atoms with Gasteiger partial charge >= 0.3 is 5.97 Å². The van der Waals surface area contributed by atoms with Crippen molar-refractivity contribution in [3.63, 3.8) is 0 Å². The quantitative estimate of drug-likeness (QED) is 0.823. The molecule has 0 spiro atoms. The fraction of sp³-hybridized carbons (Fsp3) is 0.167. The van der Waals surface area contributed by atoms with Crippen molar-refractivity contribution < 1.29 is 14.7 Å². The van der Waals surface area contributed by atoms with Crippen LogP contribution in [0.4, 0.5) is 5.69 Å². The number of rotatable bonds is 2. The molecule has 0 bridgehead atoms. The Balaban J connectivity index is 2.50. The van der Waals surface area contributed by atoms with Gasteiger partial charge in [0.2, 0.25) is 4.69 Å². The molecule has 0 atom stereocenters. The molecular formula is C12H10BrNO3. The second kappa shape index (κ2) is 4.71. The Hall–Kier alpha value is -1.62. The molecule has 2 N–H and O–H groups in total. The first-order valence-electron chi connectivity index (χ1n) is 5.09. The lowest BCUT2D eigenvalue weighted by molar-refractivity contribution is -0.132. The van der Waals surface area contributed by atoms with Crippen LogP contribution in [0.3, 0.4) is 0 Å². The molecule has 1 aliphatic rings. The van der Waals surface area contributed by atoms with E-state index in [0.717, 1.165) is 11.3 Å². The van der Waals surface area contributed by atoms with Crippen molar-refractivity contribution >= 4 is 38.4 Å². The van der Waals surface area contributed by atoms with Crippen LogP contribution >= 0.6 is 15.9 Å². The minimum atomic E-state index is -0.921. The Morgan fingerprint density at radius 1 is 1.35 bits per heavy atom. The van der Waals surface area contributed by atoms with Gasteiger partial charge < -0.3 is 10.4 Å². The molecule has 5 heteroatoms. The highest BCUT2D eigenvalue weighted by molar-refractivity contribution is 9.18. The zero-order chi connectivity index (χ0) is 12.4. The van der Waals surface area contributed by atoms with Gasteiger partial charge in [-0.05, 0) is 52.2 Å². The van der Waals surface area contributed by atoms with E-state index in [1.807, 2.05) is 0 Å². The maximum atomic E-state index is 11.2. The molecule has 0 amide bonds. The Kier molecular flexibility index (Phi) is 3.28. The molecule has 0 fully saturated rings. The van der Waals surface area contributed by atoms with E-state index >= 15 is 0 Å². The van der Waals surface area contributed by atoms with Crippen LogP contribution in [-0.2, 0) is 4.79 Å². The number of aliphatic carboxylic acids is 1. The molecule has 0 aliphatic carbocycles. The van der Waals surface area contributed by atoms with Crippen LogP contribution in [0.25, 0.3) is 6.08 Å². The van der Waals surface area contributed by atoms with Gasteiger partial charge in [-0.15, -0.1) is 0 Å². The van der Waals surface area contributed by atoms with Crippen molar-refractivity contribution in [1.82, 2.24) is 0 Å². The van der Waals surface area contributed by atoms with E-state index in [9.17, 15) is 9.59 Å². The summed E-state index contributed by atoms with van der Waals surface area (Å²) in [6.45, 7) is 0.576. The highest BCUT2D eigenvalue weighted by Crippen LogP contribution is 2.25. The van der Waals surface area contributed by atoms with Crippen molar-refractivity contribution in [2.24, 2.45) is 0 Å². The average Bonchev–Trinajstić information content (AvgIpc) is 2.49. The zero-order valence-electron chi connectivity index (χ0n) is 8.87. The molecule has 0 aromatic heterocycles. The number of benzene rings is 1. The number of carboxylic acid groups (broad SMARTS) is 1. The first-order chi connectivity index (χ1) is 8.08. The number of fused-ring (bicyclic) bond motifs is 1. The topological polar surface area (TPSA) is 66.4 Å². The second-order valence-corrected chi connectivity index (χ2v) is 4.45. The molecule has 0 saturated carbocycles. The largest absolute Gasteiger partial charge is 0.478 e. The minimum Gasteiger partial charge on any atom is -0.478 e. The molecule has 88 valence electrons. The monoisotopic (exact) mass is 295 g/mol. The van der Waals surface area contributed by atoms with Gasteiger partial charge in [0.25, 0.3) is 0 Å². The molecule has 0 radical (unpaired) electrons. The van der Waals surface area contributed by atoms with Gasteiger partial charge in [0, 0.05) is 23.4 Å². The summed E-state index contributed by atoms with van der Waals surface area (Å²) < 4.78 is -0.213. The maximum Gasteiger partial charge on any atom is 0.331 e. The Morgan fingerprint density at radius 2 is 2.12 bits per heavy atom. The van der Waals surface area contributed by atoms with Crippen LogP contribution in [0, 0.1) is 0 Å². The third kappa shape index (κ3) is 2.55. The summed E-state index contributed by atoms with van der Waals surface area (Å²) in [5.74, 6) is -0.921. The molecule has 0 unspecified atom stereocenters. The second-order valence-electron chi connectivity index (χ2n) is 3.73. The summed E-state index contributed by atoms with van der Waals surface area (Å²) in [6.07, 6.45) is 2.07. The lowest BCUT2D eigenvalue weighted by Crippen LogP contribution is -2.05. The molecule has 17 heavy (non-hydrogen) atoms. The number of carbonyl (C=O) groups excluding carboxylic acids is 1. The van der Waals surface area contributed by atoms with E-state index in [1.165, 1.54) is 0 Å². The summed E-state index contributed by atoms with van der Waals surface area (Å²) in [6, 6.07) is 5.15. The molecule has 4 nitrogen and oxygen atoms in total. The normalized spacial score (nSPS) is 14.1. The molecule has 1 heterocycles. The van der Waals surface area contributed by atoms with Crippen LogP contribution in [0.5, 0.6) is 0 Å². The van der Waals surface area contributed by atoms with Crippen LogP contribution in [-0.4, -0.2) is 22.3 Å². The SMILES string of the molecule is O=C(O)C1=Cc2cc(C(=O)Br)ccc2NCC1. The van der Waals surface area contributed by atoms with E-state index in [1.54, 1.807) is 24.3 Å². The summed E-state index contributed by atoms with van der Waals surface area (Å²) in [5.41, 5.74) is 2.42. The van der Waals surface area contributed by atoms with Crippen LogP contribution in [0.2, 0.25) is 0 Å². The Bertz CT molecular complexity index is 522. The van der Waals surface area contributed by atoms with E-state index < -0.39 is 5.97 Å². The number of carboxylic acids is 1. The third-order valence-electron chi connectivity index (χ3n) is 2.59. The summed E-state index contributed by atoms with van der Waals surface area (Å²) in [7, 11) is 0. The first kappa shape index (κ1) is 11.9. The van der Waals surface area contributed by atoms with Crippen molar-refractivity contribution in [3.8, 4) is 0 Å². The number of nitrogens with one attached hydrogen (secondary N) is 1. The average molecular weight is 296 g/mol. The smallest absolute Gasteiger partial charge is 0.331 e. The molecule has 0 saturated heterocycles. The Labute approximate surface area is 106 Å². The first-order valence-corrected chi connectivity index (χ1v) is 5.89. The zero-order valence-corrected chi connectivity index (χ0v) is 10.5. The molecular weight excluding hydrogens is 286 g/mol. The summed E-state index contributed by atoms with van der Waals surface area (Å²) in [5, 5.41) is 12.1. The number of halogens is 1. The highest BCUT2D eigenvalue weighted by Gasteiger charge is 2.14. The number of carbonyl (C=O) groups is 2. The number of hydrogen-bond acceptors (Lipinski definition) is 3. The third-order valence-corrected chi connectivity index (χ3v) is 3.05. The molecule has 1 aliphatic heterocycles. The predicted octanol–water partition coefficient (Wildman–Crippen LogP) is 2.51. The number of anilines is 1. The van der Waals surface area contributed by atoms with Gasteiger partial charge in [-0.25, -0.2) is 4.79 Å². The van der Waals surface area contributed by atoms with Gasteiger partial charge in [-0.1, -0.05) is 0 Å². The maximum absolute atomic E-state index is 11.2. The van der Waals surface area contributed by atoms with Crippen LogP contribution in [0.15, 0.2) is 23.8 Å². The van der Waals surface area contributed by atoms with Crippen molar-refractivity contribution in [2.45, 2.75) is 6.42 Å². The fourth-order valence-electron chi connectivity index (χ4n) is 1.73. The fourth-order valence-corrected chi connectivity index (χ4v) is 1.97. The predicted molar refractivity (Wildman–Crippen MR) is 68.4 cm³/mol. The molecule has 2 rings (SSSR count). The van der Waals surface area contributed by atoms with Gasteiger partial charge in [-0.2, -0.15) is 0 Å². The van der Waals surface area contributed by atoms with E-state index in [4.69, 9.17) is 5.11 Å². The summed E-state index contributed by atoms with van der Waals surface area (Å²) in [4.78, 5) is 22.2. The molecule has 1 aromatic rings. The highest BCUT2D eigenvalue weighted by atomic mass is 79.9. The van der Waals surface area contributed by atoms with Crippen LogP contribution < -0.4 is 5.32 Å². The molecule has 1 aromatic carbocycles. The van der Waals surface area contributed by atoms with E-state index in [2.05, 4.69) is 21.2 Å². The van der Waals surface area contributed by atoms with E-state index in [-0.39, 0.29) is 4.69 Å². The van der Waals surface area contributed by atoms with E-state index in [0.29, 0.717) is 24.1 Å². The Morgan fingerprint density at radius 3 is 2.76 bits per heavy atom. The van der Waals surface area contributed by atoms with Crippen molar-refractivity contribution in [3.05, 3.63) is 34.9 Å². The van der Waals surface area contributed by atoms with Gasteiger partial charge in [-0.3, -0.25) is 4.79 Å². The standard InChI is InChI=1S/C12H10BrNO3/c13-11(15)7-1-2-10-9(5-7)6-8(12(16)17)3-4-14-10/h1-2,5-6,14H,3-4H2,(H,16,17). The van der Waals surface area contributed by atoms with Crippen molar-refractivity contribution in [2.75, 3.05) is 11.9 Å². The lowest BCUT2D eigenvalue weighted by atomic mass is 10.1. The van der Waals surface area contributed by atoms with Crippen LogP contribution in [0.1, 0.15) is 22.3 Å². The van der Waals surface area contributed by atoms with Crippen molar-refractivity contribution in [1.29, 1.82) is 0 Å². The minimum absolute atomic E-state index is 0.213. The number of hydrogen-bond donors (Lipinski definition) is 2. The lowest BCUT2D eigenvalue weighted by Gasteiger charge is -2.06.